The van der Waals surface area contributed by atoms with E-state index in [1.54, 1.807) is 13.0 Å². The second-order valence-corrected chi connectivity index (χ2v) is 6.30. The van der Waals surface area contributed by atoms with Crippen molar-refractivity contribution in [3.05, 3.63) is 76.1 Å². The zero-order chi connectivity index (χ0) is 17.8. The standard InChI is InChI=1S/C20H19ClN2O2/c1-13-7-9-15(10-8-13)11-12-22-19(24)18-14(2)25-20(23-18)16-5-3-4-6-17(16)21/h3-10H,11-12H2,1-2H3,(H,22,24). The van der Waals surface area contributed by atoms with Crippen molar-refractivity contribution in [3.8, 4) is 11.5 Å². The van der Waals surface area contributed by atoms with Crippen molar-refractivity contribution in [2.24, 2.45) is 0 Å². The summed E-state index contributed by atoms with van der Waals surface area (Å²) in [4.78, 5) is 16.7. The minimum absolute atomic E-state index is 0.244. The quantitative estimate of drug-likeness (QED) is 0.729. The first-order chi connectivity index (χ1) is 12.0. The molecule has 0 aliphatic heterocycles. The maximum Gasteiger partial charge on any atom is 0.273 e. The normalized spacial score (nSPS) is 10.7. The van der Waals surface area contributed by atoms with E-state index in [4.69, 9.17) is 16.0 Å². The Bertz CT molecular complexity index is 885. The molecule has 2 aromatic carbocycles. The van der Waals surface area contributed by atoms with Gasteiger partial charge in [0.05, 0.1) is 10.6 Å². The number of amides is 1. The first kappa shape index (κ1) is 17.2. The Balaban J connectivity index is 1.66. The Morgan fingerprint density at radius 3 is 2.56 bits per heavy atom. The van der Waals surface area contributed by atoms with Gasteiger partial charge in [-0.1, -0.05) is 53.6 Å². The monoisotopic (exact) mass is 354 g/mol. The third-order valence-corrected chi connectivity index (χ3v) is 4.27. The number of nitrogens with zero attached hydrogens (tertiary/aromatic N) is 1. The van der Waals surface area contributed by atoms with Gasteiger partial charge in [-0.15, -0.1) is 0 Å². The van der Waals surface area contributed by atoms with E-state index in [1.165, 1.54) is 11.1 Å². The van der Waals surface area contributed by atoms with E-state index in [0.29, 0.717) is 34.5 Å². The maximum atomic E-state index is 12.4. The number of carbonyl (C=O) groups is 1. The minimum Gasteiger partial charge on any atom is -0.441 e. The van der Waals surface area contributed by atoms with Crippen LogP contribution in [-0.4, -0.2) is 17.4 Å². The number of oxazole rings is 1. The van der Waals surface area contributed by atoms with Crippen molar-refractivity contribution >= 4 is 17.5 Å². The van der Waals surface area contributed by atoms with Crippen molar-refractivity contribution in [2.45, 2.75) is 20.3 Å². The smallest absolute Gasteiger partial charge is 0.273 e. The van der Waals surface area contributed by atoms with Gasteiger partial charge in [0.25, 0.3) is 5.91 Å². The summed E-state index contributed by atoms with van der Waals surface area (Å²) in [7, 11) is 0. The molecule has 5 heteroatoms. The van der Waals surface area contributed by atoms with Crippen LogP contribution in [0.3, 0.4) is 0 Å². The lowest BCUT2D eigenvalue weighted by molar-refractivity contribution is 0.0948. The van der Waals surface area contributed by atoms with Crippen LogP contribution in [0.1, 0.15) is 27.4 Å². The molecule has 0 atom stereocenters. The lowest BCUT2D eigenvalue weighted by Crippen LogP contribution is -2.26. The third kappa shape index (κ3) is 4.09. The fourth-order valence-electron chi connectivity index (χ4n) is 2.52. The highest BCUT2D eigenvalue weighted by molar-refractivity contribution is 6.33. The van der Waals surface area contributed by atoms with E-state index in [-0.39, 0.29) is 5.91 Å². The van der Waals surface area contributed by atoms with Crippen LogP contribution in [0.5, 0.6) is 0 Å². The highest BCUT2D eigenvalue weighted by atomic mass is 35.5. The van der Waals surface area contributed by atoms with Crippen LogP contribution < -0.4 is 5.32 Å². The lowest BCUT2D eigenvalue weighted by Gasteiger charge is -2.04. The molecule has 0 aliphatic carbocycles. The van der Waals surface area contributed by atoms with Crippen LogP contribution in [0.15, 0.2) is 52.9 Å². The van der Waals surface area contributed by atoms with Crippen LogP contribution in [-0.2, 0) is 6.42 Å². The van der Waals surface area contributed by atoms with Gasteiger partial charge in [0, 0.05) is 6.54 Å². The van der Waals surface area contributed by atoms with Gasteiger partial charge < -0.3 is 9.73 Å². The van der Waals surface area contributed by atoms with Gasteiger partial charge in [0.2, 0.25) is 5.89 Å². The number of carbonyl (C=O) groups excluding carboxylic acids is 1. The minimum atomic E-state index is -0.244. The molecule has 1 heterocycles. The predicted molar refractivity (Wildman–Crippen MR) is 98.9 cm³/mol. The molecular formula is C20H19ClN2O2. The molecule has 0 bridgehead atoms. The molecular weight excluding hydrogens is 336 g/mol. The predicted octanol–water partition coefficient (Wildman–Crippen LogP) is 4.58. The number of rotatable bonds is 5. The molecule has 4 nitrogen and oxygen atoms in total. The van der Waals surface area contributed by atoms with E-state index in [0.717, 1.165) is 6.42 Å². The Kier molecular flexibility index (Phi) is 5.19. The molecule has 0 saturated heterocycles. The zero-order valence-electron chi connectivity index (χ0n) is 14.2. The van der Waals surface area contributed by atoms with Gasteiger partial charge in [-0.25, -0.2) is 4.98 Å². The van der Waals surface area contributed by atoms with Crippen LogP contribution in [0, 0.1) is 13.8 Å². The van der Waals surface area contributed by atoms with Gasteiger partial charge in [0.15, 0.2) is 5.69 Å². The maximum absolute atomic E-state index is 12.4. The topological polar surface area (TPSA) is 55.1 Å². The first-order valence-corrected chi connectivity index (χ1v) is 8.48. The Morgan fingerprint density at radius 2 is 1.84 bits per heavy atom. The van der Waals surface area contributed by atoms with Crippen molar-refractivity contribution < 1.29 is 9.21 Å². The Hall–Kier alpha value is -2.59. The fraction of sp³-hybridized carbons (Fsp3) is 0.200. The molecule has 0 spiro atoms. The van der Waals surface area contributed by atoms with Gasteiger partial charge >= 0.3 is 0 Å². The van der Waals surface area contributed by atoms with Gasteiger partial charge in [-0.2, -0.15) is 0 Å². The summed E-state index contributed by atoms with van der Waals surface area (Å²) in [5.41, 5.74) is 3.36. The molecule has 1 aromatic heterocycles. The number of aromatic nitrogens is 1. The summed E-state index contributed by atoms with van der Waals surface area (Å²) in [5.74, 6) is 0.584. The number of hydrogen-bond acceptors (Lipinski definition) is 3. The molecule has 0 aliphatic rings. The highest BCUT2D eigenvalue weighted by Gasteiger charge is 2.18. The molecule has 0 fully saturated rings. The Morgan fingerprint density at radius 1 is 1.12 bits per heavy atom. The molecule has 3 rings (SSSR count). The van der Waals surface area contributed by atoms with E-state index >= 15 is 0 Å². The number of nitrogens with one attached hydrogen (secondary N) is 1. The average molecular weight is 355 g/mol. The molecule has 25 heavy (non-hydrogen) atoms. The third-order valence-electron chi connectivity index (χ3n) is 3.94. The van der Waals surface area contributed by atoms with Gasteiger partial charge in [-0.05, 0) is 38.0 Å². The summed E-state index contributed by atoms with van der Waals surface area (Å²) in [6, 6.07) is 15.5. The van der Waals surface area contributed by atoms with E-state index in [1.807, 2.05) is 18.2 Å². The SMILES string of the molecule is Cc1ccc(CCNC(=O)c2nc(-c3ccccc3Cl)oc2C)cc1. The van der Waals surface area contributed by atoms with Crippen LogP contribution in [0.4, 0.5) is 0 Å². The molecule has 128 valence electrons. The summed E-state index contributed by atoms with van der Waals surface area (Å²) in [6.07, 6.45) is 0.764. The molecule has 0 radical (unpaired) electrons. The largest absolute Gasteiger partial charge is 0.441 e. The van der Waals surface area contributed by atoms with Crippen LogP contribution >= 0.6 is 11.6 Å². The van der Waals surface area contributed by atoms with E-state index < -0.39 is 0 Å². The number of benzene rings is 2. The second kappa shape index (κ2) is 7.53. The summed E-state index contributed by atoms with van der Waals surface area (Å²) in [5, 5.41) is 3.42. The average Bonchev–Trinajstić information content (AvgIpc) is 2.98. The van der Waals surface area contributed by atoms with Crippen molar-refractivity contribution in [3.63, 3.8) is 0 Å². The first-order valence-electron chi connectivity index (χ1n) is 8.10. The van der Waals surface area contributed by atoms with E-state index in [2.05, 4.69) is 41.5 Å². The Labute approximate surface area is 151 Å². The molecule has 3 aromatic rings. The van der Waals surface area contributed by atoms with Crippen LogP contribution in [0.2, 0.25) is 5.02 Å². The number of halogens is 1. The number of aryl methyl sites for hydroxylation is 2. The summed E-state index contributed by atoms with van der Waals surface area (Å²) >= 11 is 6.16. The highest BCUT2D eigenvalue weighted by Crippen LogP contribution is 2.28. The van der Waals surface area contributed by atoms with Crippen molar-refractivity contribution in [2.75, 3.05) is 6.54 Å². The van der Waals surface area contributed by atoms with Crippen molar-refractivity contribution in [1.82, 2.24) is 10.3 Å². The fourth-order valence-corrected chi connectivity index (χ4v) is 2.73. The summed E-state index contributed by atoms with van der Waals surface area (Å²) < 4.78 is 5.62. The van der Waals surface area contributed by atoms with Gasteiger partial charge in [-0.3, -0.25) is 4.79 Å². The molecule has 1 amide bonds. The second-order valence-electron chi connectivity index (χ2n) is 5.90. The molecule has 0 saturated carbocycles. The zero-order valence-corrected chi connectivity index (χ0v) is 14.9. The number of hydrogen-bond donors (Lipinski definition) is 1. The van der Waals surface area contributed by atoms with Crippen molar-refractivity contribution in [1.29, 1.82) is 0 Å². The van der Waals surface area contributed by atoms with Gasteiger partial charge in [0.1, 0.15) is 5.76 Å². The lowest BCUT2D eigenvalue weighted by atomic mass is 10.1. The molecule has 1 N–H and O–H groups in total. The summed E-state index contributed by atoms with van der Waals surface area (Å²) in [6.45, 7) is 4.31. The molecule has 0 unspecified atom stereocenters. The van der Waals surface area contributed by atoms with Crippen LogP contribution in [0.25, 0.3) is 11.5 Å². The van der Waals surface area contributed by atoms with E-state index in [9.17, 15) is 4.79 Å².